The highest BCUT2D eigenvalue weighted by atomic mass is 16.5. The number of benzene rings is 1. The largest absolute Gasteiger partial charge is 0.387 e. The van der Waals surface area contributed by atoms with Crippen LogP contribution >= 0.6 is 0 Å². The Hall–Kier alpha value is -2.40. The van der Waals surface area contributed by atoms with Gasteiger partial charge in [-0.05, 0) is 18.4 Å². The number of nitrogens with one attached hydrogen (secondary N) is 2. The third kappa shape index (κ3) is 7.17. The molecule has 0 radical (unpaired) electrons. The number of carbonyl (C=O) groups excluding carboxylic acids is 1. The molecule has 29 heavy (non-hydrogen) atoms. The van der Waals surface area contributed by atoms with Crippen LogP contribution in [0.5, 0.6) is 0 Å². The predicted octanol–water partition coefficient (Wildman–Crippen LogP) is 1.10. The molecule has 1 aromatic carbocycles. The van der Waals surface area contributed by atoms with Crippen LogP contribution in [0.15, 0.2) is 42.1 Å². The number of rotatable bonds is 8. The van der Waals surface area contributed by atoms with Crippen molar-refractivity contribution in [3.8, 4) is 6.07 Å². The first-order valence-corrected chi connectivity index (χ1v) is 10.5. The van der Waals surface area contributed by atoms with Crippen molar-refractivity contribution in [2.24, 2.45) is 0 Å². The fraction of sp³-hybridized carbons (Fsp3) is 0.545. The second-order valence-corrected chi connectivity index (χ2v) is 7.58. The van der Waals surface area contributed by atoms with Gasteiger partial charge in [0.1, 0.15) is 11.6 Å². The van der Waals surface area contributed by atoms with Gasteiger partial charge in [0, 0.05) is 58.1 Å². The van der Waals surface area contributed by atoms with E-state index < -0.39 is 0 Å². The first-order valence-electron chi connectivity index (χ1n) is 10.5. The Kier molecular flexibility index (Phi) is 8.50. The van der Waals surface area contributed by atoms with Gasteiger partial charge < -0.3 is 15.4 Å². The lowest BCUT2D eigenvalue weighted by Gasteiger charge is -2.32. The van der Waals surface area contributed by atoms with Gasteiger partial charge >= 0.3 is 0 Å². The lowest BCUT2D eigenvalue weighted by atomic mass is 10.0. The summed E-state index contributed by atoms with van der Waals surface area (Å²) in [5.41, 5.74) is 1.47. The van der Waals surface area contributed by atoms with Crippen LogP contribution in [0.4, 0.5) is 0 Å². The highest BCUT2D eigenvalue weighted by molar-refractivity contribution is 5.97. The van der Waals surface area contributed by atoms with Crippen LogP contribution in [0.25, 0.3) is 0 Å². The number of carbonyl (C=O) groups is 1. The molecule has 156 valence electrons. The fourth-order valence-corrected chi connectivity index (χ4v) is 3.70. The summed E-state index contributed by atoms with van der Waals surface area (Å²) in [7, 11) is 0. The number of morpholine rings is 1. The minimum atomic E-state index is -0.310. The van der Waals surface area contributed by atoms with E-state index in [1.807, 2.05) is 12.1 Å². The van der Waals surface area contributed by atoms with Crippen molar-refractivity contribution >= 4 is 5.91 Å². The van der Waals surface area contributed by atoms with Crippen LogP contribution < -0.4 is 10.6 Å². The molecule has 1 amide bonds. The van der Waals surface area contributed by atoms with Gasteiger partial charge in [-0.15, -0.1) is 0 Å². The van der Waals surface area contributed by atoms with Gasteiger partial charge in [0.2, 0.25) is 0 Å². The third-order valence-electron chi connectivity index (χ3n) is 5.48. The monoisotopic (exact) mass is 397 g/mol. The molecule has 0 unspecified atom stereocenters. The van der Waals surface area contributed by atoms with Crippen LogP contribution in [0.3, 0.4) is 0 Å². The Morgan fingerprint density at radius 3 is 2.55 bits per heavy atom. The zero-order valence-corrected chi connectivity index (χ0v) is 17.0. The summed E-state index contributed by atoms with van der Waals surface area (Å²) in [4.78, 5) is 16.9. The number of piperidine rings is 1. The van der Waals surface area contributed by atoms with E-state index in [9.17, 15) is 10.1 Å². The van der Waals surface area contributed by atoms with Crippen molar-refractivity contribution in [3.05, 3.63) is 47.7 Å². The van der Waals surface area contributed by atoms with Crippen molar-refractivity contribution in [3.63, 3.8) is 0 Å². The molecule has 7 nitrogen and oxygen atoms in total. The second-order valence-electron chi connectivity index (χ2n) is 7.58. The zero-order chi connectivity index (χ0) is 20.3. The molecular formula is C22H31N5O2. The maximum Gasteiger partial charge on any atom is 0.263 e. The molecule has 2 fully saturated rings. The molecule has 7 heteroatoms. The zero-order valence-electron chi connectivity index (χ0n) is 17.0. The number of ether oxygens (including phenoxy) is 1. The van der Waals surface area contributed by atoms with Gasteiger partial charge in [0.25, 0.3) is 5.91 Å². The van der Waals surface area contributed by atoms with Crippen LogP contribution in [-0.2, 0) is 16.1 Å². The highest BCUT2D eigenvalue weighted by Gasteiger charge is 2.19. The molecule has 0 saturated carbocycles. The highest BCUT2D eigenvalue weighted by Crippen LogP contribution is 2.14. The smallest absolute Gasteiger partial charge is 0.263 e. The van der Waals surface area contributed by atoms with Crippen molar-refractivity contribution in [2.75, 3.05) is 52.5 Å². The van der Waals surface area contributed by atoms with Gasteiger partial charge in [-0.2, -0.15) is 5.26 Å². The van der Waals surface area contributed by atoms with E-state index in [4.69, 9.17) is 4.74 Å². The summed E-state index contributed by atoms with van der Waals surface area (Å²) in [6, 6.07) is 12.8. The molecule has 0 atom stereocenters. The maximum absolute atomic E-state index is 12.3. The molecule has 3 rings (SSSR count). The van der Waals surface area contributed by atoms with Crippen LogP contribution in [0.1, 0.15) is 18.4 Å². The Labute approximate surface area is 173 Å². The first kappa shape index (κ1) is 21.3. The van der Waals surface area contributed by atoms with Crippen LogP contribution in [0, 0.1) is 11.3 Å². The van der Waals surface area contributed by atoms with Gasteiger partial charge in [-0.3, -0.25) is 14.6 Å². The summed E-state index contributed by atoms with van der Waals surface area (Å²) < 4.78 is 5.32. The maximum atomic E-state index is 12.3. The summed E-state index contributed by atoms with van der Waals surface area (Å²) in [5, 5.41) is 15.4. The molecule has 0 aromatic heterocycles. The molecule has 2 aliphatic heterocycles. The molecule has 0 aliphatic carbocycles. The quantitative estimate of drug-likeness (QED) is 0.505. The normalized spacial score (nSPS) is 19.5. The Morgan fingerprint density at radius 2 is 1.86 bits per heavy atom. The average molecular weight is 398 g/mol. The van der Waals surface area contributed by atoms with Crippen molar-refractivity contribution in [2.45, 2.75) is 25.4 Å². The summed E-state index contributed by atoms with van der Waals surface area (Å²) in [6.45, 7) is 7.57. The topological polar surface area (TPSA) is 80.6 Å². The van der Waals surface area contributed by atoms with Crippen LogP contribution in [-0.4, -0.2) is 74.2 Å². The van der Waals surface area contributed by atoms with E-state index in [-0.39, 0.29) is 11.5 Å². The van der Waals surface area contributed by atoms with E-state index in [1.165, 1.54) is 5.56 Å². The van der Waals surface area contributed by atoms with Crippen molar-refractivity contribution in [1.29, 1.82) is 5.26 Å². The van der Waals surface area contributed by atoms with Gasteiger partial charge in [-0.25, -0.2) is 0 Å². The summed E-state index contributed by atoms with van der Waals surface area (Å²) >= 11 is 0. The number of hydrogen-bond acceptors (Lipinski definition) is 6. The standard InChI is InChI=1S/C22H31N5O2/c23-16-20(22(28)24-8-11-26-12-14-29-15-13-26)17-25-21-6-9-27(10-7-21)18-19-4-2-1-3-5-19/h1-5,17,21,25H,6-15,18H2,(H,24,28)/b20-17-. The van der Waals surface area contributed by atoms with Crippen molar-refractivity contribution in [1.82, 2.24) is 20.4 Å². The van der Waals surface area contributed by atoms with Crippen molar-refractivity contribution < 1.29 is 9.53 Å². The third-order valence-corrected chi connectivity index (χ3v) is 5.48. The van der Waals surface area contributed by atoms with E-state index in [0.29, 0.717) is 12.6 Å². The molecule has 2 saturated heterocycles. The second kappa shape index (κ2) is 11.6. The average Bonchev–Trinajstić information content (AvgIpc) is 2.77. The Balaban J connectivity index is 1.36. The SMILES string of the molecule is N#C/C(=C/NC1CCN(Cc2ccccc2)CC1)C(=O)NCCN1CCOCC1. The minimum absolute atomic E-state index is 0.138. The van der Waals surface area contributed by atoms with Gasteiger partial charge in [0.05, 0.1) is 13.2 Å². The fourth-order valence-electron chi connectivity index (χ4n) is 3.70. The van der Waals surface area contributed by atoms with Gasteiger partial charge in [0.15, 0.2) is 0 Å². The molecule has 2 aliphatic rings. The lowest BCUT2D eigenvalue weighted by molar-refractivity contribution is -0.117. The molecule has 2 N–H and O–H groups in total. The van der Waals surface area contributed by atoms with E-state index in [0.717, 1.165) is 65.3 Å². The van der Waals surface area contributed by atoms with E-state index in [1.54, 1.807) is 6.20 Å². The number of likely N-dealkylation sites (tertiary alicyclic amines) is 1. The minimum Gasteiger partial charge on any atom is -0.387 e. The number of hydrogen-bond donors (Lipinski definition) is 2. The first-order chi connectivity index (χ1) is 14.2. The molecule has 0 spiro atoms. The van der Waals surface area contributed by atoms with E-state index >= 15 is 0 Å². The molecule has 0 bridgehead atoms. The Bertz CT molecular complexity index is 702. The van der Waals surface area contributed by atoms with Crippen LogP contribution in [0.2, 0.25) is 0 Å². The van der Waals surface area contributed by atoms with E-state index in [2.05, 4.69) is 44.7 Å². The number of nitriles is 1. The Morgan fingerprint density at radius 1 is 1.14 bits per heavy atom. The predicted molar refractivity (Wildman–Crippen MR) is 112 cm³/mol. The van der Waals surface area contributed by atoms with Gasteiger partial charge in [-0.1, -0.05) is 30.3 Å². The number of amides is 1. The summed E-state index contributed by atoms with van der Waals surface area (Å²) in [6.07, 6.45) is 3.59. The molecule has 2 heterocycles. The molecular weight excluding hydrogens is 366 g/mol. The summed E-state index contributed by atoms with van der Waals surface area (Å²) in [5.74, 6) is -0.310. The lowest BCUT2D eigenvalue weighted by Crippen LogP contribution is -2.42. The molecule has 1 aromatic rings. The number of nitrogens with zero attached hydrogens (tertiary/aromatic N) is 3.